The quantitative estimate of drug-likeness (QED) is 0.639. The molecule has 1 unspecified atom stereocenters. The van der Waals surface area contributed by atoms with Crippen molar-refractivity contribution in [3.63, 3.8) is 0 Å². The smallest absolute Gasteiger partial charge is 0.408 e. The zero-order valence-electron chi connectivity index (χ0n) is 10.6. The molecular formula is C13H13BrF3NO2. The van der Waals surface area contributed by atoms with Gasteiger partial charge in [-0.1, -0.05) is 6.08 Å². The number of rotatable bonds is 5. The maximum Gasteiger partial charge on any atom is 0.408 e. The Bertz CT molecular complexity index is 503. The molecule has 3 nitrogen and oxygen atoms in total. The second-order valence-electron chi connectivity index (χ2n) is 3.95. The summed E-state index contributed by atoms with van der Waals surface area (Å²) in [4.78, 5) is 11.3. The fraction of sp³-hybridized carbons (Fsp3) is 0.308. The van der Waals surface area contributed by atoms with Crippen molar-refractivity contribution >= 4 is 27.6 Å². The first-order valence-electron chi connectivity index (χ1n) is 5.61. The Labute approximate surface area is 122 Å². The summed E-state index contributed by atoms with van der Waals surface area (Å²) in [7, 11) is 1.23. The van der Waals surface area contributed by atoms with Crippen LogP contribution in [-0.4, -0.2) is 25.3 Å². The maximum atomic E-state index is 12.8. The normalized spacial score (nSPS) is 12.7. The van der Waals surface area contributed by atoms with Gasteiger partial charge in [0.1, 0.15) is 6.04 Å². The lowest BCUT2D eigenvalue weighted by Crippen LogP contribution is -2.35. The molecule has 1 aromatic carbocycles. The van der Waals surface area contributed by atoms with Crippen molar-refractivity contribution in [1.29, 1.82) is 0 Å². The Morgan fingerprint density at radius 1 is 1.55 bits per heavy atom. The molecule has 0 fully saturated rings. The topological polar surface area (TPSA) is 38.3 Å². The fourth-order valence-electron chi connectivity index (χ4n) is 1.51. The van der Waals surface area contributed by atoms with Crippen LogP contribution in [0.4, 0.5) is 18.9 Å². The van der Waals surface area contributed by atoms with Gasteiger partial charge in [-0.3, -0.25) is 0 Å². The molecule has 20 heavy (non-hydrogen) atoms. The highest BCUT2D eigenvalue weighted by Crippen LogP contribution is 2.30. The summed E-state index contributed by atoms with van der Waals surface area (Å²) in [6.45, 7) is 3.31. The van der Waals surface area contributed by atoms with Gasteiger partial charge in [0.05, 0.1) is 12.7 Å². The minimum atomic E-state index is -4.39. The predicted molar refractivity (Wildman–Crippen MR) is 73.8 cm³/mol. The van der Waals surface area contributed by atoms with Gasteiger partial charge >= 0.3 is 12.1 Å². The highest BCUT2D eigenvalue weighted by atomic mass is 79.9. The van der Waals surface area contributed by atoms with Gasteiger partial charge in [0.15, 0.2) is 0 Å². The van der Waals surface area contributed by atoms with Gasteiger partial charge in [0.2, 0.25) is 0 Å². The summed E-state index contributed by atoms with van der Waals surface area (Å²) in [5.74, 6) is -0.560. The van der Waals surface area contributed by atoms with Crippen molar-refractivity contribution < 1.29 is 22.7 Å². The third kappa shape index (κ3) is 4.26. The van der Waals surface area contributed by atoms with E-state index in [-0.39, 0.29) is 17.7 Å². The molecule has 0 radical (unpaired) electrons. The molecule has 1 rings (SSSR count). The lowest BCUT2D eigenvalue weighted by atomic mass is 10.1. The van der Waals surface area contributed by atoms with Gasteiger partial charge in [0, 0.05) is 10.2 Å². The van der Waals surface area contributed by atoms with Crippen LogP contribution in [0.5, 0.6) is 0 Å². The Morgan fingerprint density at radius 3 is 2.65 bits per heavy atom. The van der Waals surface area contributed by atoms with E-state index in [0.717, 1.165) is 0 Å². The number of methoxy groups -OCH3 is 1. The van der Waals surface area contributed by atoms with E-state index in [4.69, 9.17) is 0 Å². The molecule has 0 aliphatic rings. The van der Waals surface area contributed by atoms with Gasteiger partial charge < -0.3 is 10.1 Å². The third-order valence-corrected chi connectivity index (χ3v) is 3.17. The number of anilines is 1. The summed E-state index contributed by atoms with van der Waals surface area (Å²) in [6, 6.07) is 2.44. The molecule has 0 bridgehead atoms. The summed E-state index contributed by atoms with van der Waals surface area (Å²) in [6.07, 6.45) is -3.45. The predicted octanol–water partition coefficient (Wildman–Crippen LogP) is 4.15. The average Bonchev–Trinajstić information content (AvgIpc) is 2.38. The van der Waals surface area contributed by atoms with Gasteiger partial charge in [-0.15, -0.1) is 6.58 Å². The number of halogens is 4. The second-order valence-corrected chi connectivity index (χ2v) is 4.80. The Balaban J connectivity index is 2.97. The molecule has 0 aromatic heterocycles. The van der Waals surface area contributed by atoms with Gasteiger partial charge in [0.25, 0.3) is 0 Å². The molecule has 0 heterocycles. The van der Waals surface area contributed by atoms with E-state index < -0.39 is 18.2 Å². The molecule has 0 saturated carbocycles. The zero-order valence-corrected chi connectivity index (χ0v) is 12.2. The van der Waals surface area contributed by atoms with E-state index in [1.807, 2.05) is 0 Å². The van der Waals surface area contributed by atoms with Gasteiger partial charge in [-0.25, -0.2) is 4.79 Å². The fourth-order valence-corrected chi connectivity index (χ4v) is 2.00. The number of alkyl halides is 3. The van der Waals surface area contributed by atoms with Crippen LogP contribution in [0.1, 0.15) is 16.8 Å². The average molecular weight is 352 g/mol. The van der Waals surface area contributed by atoms with Crippen LogP contribution in [0.2, 0.25) is 0 Å². The van der Waals surface area contributed by atoms with Gasteiger partial charge in [-0.05, 0) is 40.5 Å². The van der Waals surface area contributed by atoms with Crippen LogP contribution in [0.3, 0.4) is 0 Å². The molecule has 1 aromatic rings. The van der Waals surface area contributed by atoms with E-state index in [1.54, 1.807) is 0 Å². The number of ether oxygens (including phenoxy) is 1. The van der Waals surface area contributed by atoms with Crippen LogP contribution in [-0.2, 0) is 4.74 Å². The number of nitrogens with one attached hydrogen (secondary N) is 1. The Kier molecular flexibility index (Phi) is 5.62. The molecule has 0 saturated heterocycles. The number of hydrogen-bond donors (Lipinski definition) is 1. The molecule has 110 valence electrons. The number of hydrogen-bond acceptors (Lipinski definition) is 3. The molecule has 0 amide bonds. The van der Waals surface area contributed by atoms with Crippen molar-refractivity contribution in [3.05, 3.63) is 40.9 Å². The second kappa shape index (κ2) is 6.78. The number of benzene rings is 1. The van der Waals surface area contributed by atoms with Crippen molar-refractivity contribution in [2.24, 2.45) is 0 Å². The molecule has 7 heteroatoms. The zero-order chi connectivity index (χ0) is 15.3. The maximum absolute atomic E-state index is 12.8. The minimum absolute atomic E-state index is 0.238. The number of carbonyl (C=O) groups excluding carboxylic acids is 1. The third-order valence-electron chi connectivity index (χ3n) is 2.52. The van der Waals surface area contributed by atoms with E-state index in [9.17, 15) is 18.0 Å². The summed E-state index contributed by atoms with van der Waals surface area (Å²) in [5, 5.41) is 2.38. The molecule has 1 N–H and O–H groups in total. The standard InChI is InChI=1S/C13H13BrF3NO2/c1-3-4-11(13(15,16)17)18-10-6-5-8(7-9(10)14)12(19)20-2/h3,5-7,11,18H,1,4H2,2H3. The van der Waals surface area contributed by atoms with Crippen LogP contribution in [0.15, 0.2) is 35.3 Å². The molecular weight excluding hydrogens is 339 g/mol. The van der Waals surface area contributed by atoms with Crippen molar-refractivity contribution in [3.8, 4) is 0 Å². The summed E-state index contributed by atoms with van der Waals surface area (Å²) >= 11 is 3.13. The highest BCUT2D eigenvalue weighted by molar-refractivity contribution is 9.10. The highest BCUT2D eigenvalue weighted by Gasteiger charge is 2.38. The first-order valence-corrected chi connectivity index (χ1v) is 6.41. The largest absolute Gasteiger partial charge is 0.465 e. The van der Waals surface area contributed by atoms with Crippen molar-refractivity contribution in [2.75, 3.05) is 12.4 Å². The molecule has 0 aliphatic heterocycles. The van der Waals surface area contributed by atoms with Crippen LogP contribution < -0.4 is 5.32 Å². The summed E-state index contributed by atoms with van der Waals surface area (Å²) < 4.78 is 43.2. The summed E-state index contributed by atoms with van der Waals surface area (Å²) in [5.41, 5.74) is 0.485. The first-order chi connectivity index (χ1) is 9.29. The molecule has 0 spiro atoms. The number of carbonyl (C=O) groups is 1. The number of esters is 1. The minimum Gasteiger partial charge on any atom is -0.465 e. The lowest BCUT2D eigenvalue weighted by molar-refractivity contribution is -0.141. The van der Waals surface area contributed by atoms with Crippen LogP contribution in [0.25, 0.3) is 0 Å². The van der Waals surface area contributed by atoms with E-state index in [2.05, 4.69) is 32.6 Å². The van der Waals surface area contributed by atoms with Crippen molar-refractivity contribution in [1.82, 2.24) is 0 Å². The van der Waals surface area contributed by atoms with Crippen LogP contribution in [0, 0.1) is 0 Å². The Morgan fingerprint density at radius 2 is 2.20 bits per heavy atom. The molecule has 0 aliphatic carbocycles. The van der Waals surface area contributed by atoms with E-state index >= 15 is 0 Å². The molecule has 1 atom stereocenters. The van der Waals surface area contributed by atoms with E-state index in [0.29, 0.717) is 4.47 Å². The SMILES string of the molecule is C=CCC(Nc1ccc(C(=O)OC)cc1Br)C(F)(F)F. The van der Waals surface area contributed by atoms with Crippen LogP contribution >= 0.6 is 15.9 Å². The van der Waals surface area contributed by atoms with E-state index in [1.165, 1.54) is 31.4 Å². The first kappa shape index (κ1) is 16.6. The lowest BCUT2D eigenvalue weighted by Gasteiger charge is -2.22. The van der Waals surface area contributed by atoms with Crippen molar-refractivity contribution in [2.45, 2.75) is 18.6 Å². The Hall–Kier alpha value is -1.50. The van der Waals surface area contributed by atoms with Gasteiger partial charge in [-0.2, -0.15) is 13.2 Å². The monoisotopic (exact) mass is 351 g/mol.